The van der Waals surface area contributed by atoms with Gasteiger partial charge in [0, 0.05) is 6.42 Å². The highest BCUT2D eigenvalue weighted by atomic mass is 35.5. The zero-order chi connectivity index (χ0) is 21.0. The van der Waals surface area contributed by atoms with Crippen molar-refractivity contribution in [2.45, 2.75) is 44.5 Å². The van der Waals surface area contributed by atoms with E-state index in [0.717, 1.165) is 6.42 Å². The van der Waals surface area contributed by atoms with Gasteiger partial charge in [0.05, 0.1) is 22.4 Å². The van der Waals surface area contributed by atoms with Gasteiger partial charge in [0.2, 0.25) is 0 Å². The van der Waals surface area contributed by atoms with Gasteiger partial charge in [-0.15, -0.1) is 0 Å². The molecule has 0 saturated heterocycles. The second-order valence-electron chi connectivity index (χ2n) is 6.86. The van der Waals surface area contributed by atoms with E-state index >= 15 is 0 Å². The molecular formula is C21H20Cl2FNO4. The Morgan fingerprint density at radius 1 is 1.28 bits per heavy atom. The number of hydrogen-bond donors (Lipinski definition) is 1. The molecule has 1 heterocycles. The summed E-state index contributed by atoms with van der Waals surface area (Å²) in [5.41, 5.74) is 0.105. The second-order valence-corrected chi connectivity index (χ2v) is 7.68. The maximum Gasteiger partial charge on any atom is 0.354 e. The van der Waals surface area contributed by atoms with Crippen LogP contribution in [-0.4, -0.2) is 22.4 Å². The Labute approximate surface area is 178 Å². The zero-order valence-corrected chi connectivity index (χ0v) is 17.2. The lowest BCUT2D eigenvalue weighted by molar-refractivity contribution is -0.187. The molecule has 1 aliphatic heterocycles. The molecule has 2 atom stereocenters. The molecule has 29 heavy (non-hydrogen) atoms. The van der Waals surface area contributed by atoms with Crippen molar-refractivity contribution in [3.05, 3.63) is 69.5 Å². The van der Waals surface area contributed by atoms with Gasteiger partial charge < -0.3 is 14.7 Å². The van der Waals surface area contributed by atoms with Crippen LogP contribution in [0, 0.1) is 5.82 Å². The van der Waals surface area contributed by atoms with Crippen LogP contribution in [0.2, 0.25) is 10.0 Å². The van der Waals surface area contributed by atoms with Crippen LogP contribution in [0.3, 0.4) is 0 Å². The van der Waals surface area contributed by atoms with Crippen molar-refractivity contribution < 1.29 is 23.9 Å². The van der Waals surface area contributed by atoms with Gasteiger partial charge in [0.1, 0.15) is 11.9 Å². The molecule has 1 N–H and O–H groups in total. The number of carbonyl (C=O) groups is 1. The Hall–Kier alpha value is -2.15. The smallest absolute Gasteiger partial charge is 0.354 e. The number of oxime groups is 1. The van der Waals surface area contributed by atoms with E-state index in [1.165, 1.54) is 12.1 Å². The zero-order valence-electron chi connectivity index (χ0n) is 15.7. The van der Waals surface area contributed by atoms with Crippen molar-refractivity contribution in [2.75, 3.05) is 0 Å². The average molecular weight is 440 g/mol. The Morgan fingerprint density at radius 2 is 2.00 bits per heavy atom. The standard InChI is InChI=1S/C21H20Cl2FNO4/c1-2-3-16-11-21(20(26)27,29-25-16)19(14-6-9-17(22)18(23)10-14)28-12-13-4-7-15(24)8-5-13/h4-10,19H,2-3,11-12H2,1H3,(H,26,27). The Morgan fingerprint density at radius 3 is 2.62 bits per heavy atom. The maximum atomic E-state index is 13.2. The van der Waals surface area contributed by atoms with E-state index in [-0.39, 0.29) is 23.9 Å². The SMILES string of the molecule is CCCC1=NOC(C(=O)O)(C(OCc2ccc(F)cc2)c2ccc(Cl)c(Cl)c2)C1. The third-order valence-electron chi connectivity index (χ3n) is 4.70. The summed E-state index contributed by atoms with van der Waals surface area (Å²) in [5, 5.41) is 14.7. The van der Waals surface area contributed by atoms with E-state index in [1.807, 2.05) is 6.92 Å². The van der Waals surface area contributed by atoms with Gasteiger partial charge >= 0.3 is 5.97 Å². The Balaban J connectivity index is 1.95. The molecule has 5 nitrogen and oxygen atoms in total. The number of nitrogens with zero attached hydrogens (tertiary/aromatic N) is 1. The van der Waals surface area contributed by atoms with E-state index in [2.05, 4.69) is 5.16 Å². The summed E-state index contributed by atoms with van der Waals surface area (Å²) in [7, 11) is 0. The van der Waals surface area contributed by atoms with Gasteiger partial charge in [0.15, 0.2) is 0 Å². The number of hydrogen-bond acceptors (Lipinski definition) is 4. The fourth-order valence-corrected chi connectivity index (χ4v) is 3.55. The highest BCUT2D eigenvalue weighted by molar-refractivity contribution is 6.42. The van der Waals surface area contributed by atoms with Crippen LogP contribution in [0.25, 0.3) is 0 Å². The lowest BCUT2D eigenvalue weighted by Gasteiger charge is -2.31. The molecule has 0 amide bonds. The Kier molecular flexibility index (Phi) is 6.77. The molecule has 0 fully saturated rings. The molecule has 0 saturated carbocycles. The van der Waals surface area contributed by atoms with Crippen molar-refractivity contribution in [1.82, 2.24) is 0 Å². The first kappa shape index (κ1) is 21.6. The molecule has 0 radical (unpaired) electrons. The summed E-state index contributed by atoms with van der Waals surface area (Å²) in [6.07, 6.45) is 0.509. The minimum absolute atomic E-state index is 0.0483. The van der Waals surface area contributed by atoms with Gasteiger partial charge in [-0.1, -0.05) is 59.9 Å². The predicted octanol–water partition coefficient (Wildman–Crippen LogP) is 5.79. The number of rotatable bonds is 8. The molecule has 154 valence electrons. The third-order valence-corrected chi connectivity index (χ3v) is 5.44. The molecule has 0 aromatic heterocycles. The molecule has 2 aromatic carbocycles. The quantitative estimate of drug-likeness (QED) is 0.564. The molecule has 0 bridgehead atoms. The Bertz CT molecular complexity index is 919. The first-order chi connectivity index (χ1) is 13.9. The van der Waals surface area contributed by atoms with Gasteiger partial charge in [-0.3, -0.25) is 0 Å². The van der Waals surface area contributed by atoms with Crippen LogP contribution in [0.5, 0.6) is 0 Å². The first-order valence-electron chi connectivity index (χ1n) is 9.14. The van der Waals surface area contributed by atoms with Gasteiger partial charge in [0.25, 0.3) is 5.60 Å². The first-order valence-corrected chi connectivity index (χ1v) is 9.89. The summed E-state index contributed by atoms with van der Waals surface area (Å²) in [6.45, 7) is 2.03. The molecule has 2 aromatic rings. The minimum atomic E-state index is -1.73. The summed E-state index contributed by atoms with van der Waals surface area (Å²) < 4.78 is 19.2. The van der Waals surface area contributed by atoms with Crippen molar-refractivity contribution in [1.29, 1.82) is 0 Å². The lowest BCUT2D eigenvalue weighted by atomic mass is 9.85. The van der Waals surface area contributed by atoms with Gasteiger partial charge in [-0.2, -0.15) is 0 Å². The predicted molar refractivity (Wildman–Crippen MR) is 109 cm³/mol. The number of halogens is 3. The molecule has 3 rings (SSSR count). The normalized spacial score (nSPS) is 19.5. The summed E-state index contributed by atoms with van der Waals surface area (Å²) in [4.78, 5) is 17.8. The van der Waals surface area contributed by atoms with Crippen LogP contribution < -0.4 is 0 Å². The third kappa shape index (κ3) is 4.71. The van der Waals surface area contributed by atoms with Gasteiger partial charge in [-0.05, 0) is 41.8 Å². The van der Waals surface area contributed by atoms with Crippen LogP contribution in [-0.2, 0) is 21.0 Å². The minimum Gasteiger partial charge on any atom is -0.478 e. The van der Waals surface area contributed by atoms with Gasteiger partial charge in [-0.25, -0.2) is 9.18 Å². The molecule has 2 unspecified atom stereocenters. The second kappa shape index (κ2) is 9.11. The summed E-state index contributed by atoms with van der Waals surface area (Å²) in [5.74, 6) is -1.56. The number of aliphatic carboxylic acids is 1. The maximum absolute atomic E-state index is 13.2. The van der Waals surface area contributed by atoms with E-state index in [4.69, 9.17) is 32.8 Å². The van der Waals surface area contributed by atoms with E-state index in [9.17, 15) is 14.3 Å². The molecular weight excluding hydrogens is 420 g/mol. The highest BCUT2D eigenvalue weighted by Gasteiger charge is 2.54. The van der Waals surface area contributed by atoms with E-state index in [0.29, 0.717) is 28.3 Å². The van der Waals surface area contributed by atoms with Crippen LogP contribution in [0.4, 0.5) is 4.39 Å². The summed E-state index contributed by atoms with van der Waals surface area (Å²) >= 11 is 12.2. The topological polar surface area (TPSA) is 68.1 Å². The van der Waals surface area contributed by atoms with Crippen molar-refractivity contribution in [3.63, 3.8) is 0 Å². The number of ether oxygens (including phenoxy) is 1. The van der Waals surface area contributed by atoms with E-state index in [1.54, 1.807) is 30.3 Å². The summed E-state index contributed by atoms with van der Waals surface area (Å²) in [6, 6.07) is 10.6. The molecule has 0 spiro atoms. The van der Waals surface area contributed by atoms with Crippen LogP contribution in [0.15, 0.2) is 47.6 Å². The monoisotopic (exact) mass is 439 g/mol. The average Bonchev–Trinajstić information content (AvgIpc) is 3.11. The number of benzene rings is 2. The molecule has 0 aliphatic carbocycles. The van der Waals surface area contributed by atoms with E-state index < -0.39 is 17.7 Å². The number of carboxylic acid groups (broad SMARTS) is 1. The van der Waals surface area contributed by atoms with Crippen LogP contribution >= 0.6 is 23.2 Å². The molecule has 8 heteroatoms. The van der Waals surface area contributed by atoms with Crippen molar-refractivity contribution >= 4 is 34.9 Å². The van der Waals surface area contributed by atoms with Crippen molar-refractivity contribution in [3.8, 4) is 0 Å². The fourth-order valence-electron chi connectivity index (χ4n) is 3.24. The fraction of sp³-hybridized carbons (Fsp3) is 0.333. The highest BCUT2D eigenvalue weighted by Crippen LogP contribution is 2.42. The largest absolute Gasteiger partial charge is 0.478 e. The van der Waals surface area contributed by atoms with Crippen molar-refractivity contribution in [2.24, 2.45) is 5.16 Å². The van der Waals surface area contributed by atoms with Crippen LogP contribution in [0.1, 0.15) is 43.4 Å². The molecule has 1 aliphatic rings. The number of carboxylic acids is 1. The lowest BCUT2D eigenvalue weighted by Crippen LogP contribution is -2.46.